The third kappa shape index (κ3) is 2.43. The van der Waals surface area contributed by atoms with Crippen LogP contribution in [0.15, 0.2) is 12.1 Å². The molecule has 32 heavy (non-hydrogen) atoms. The van der Waals surface area contributed by atoms with E-state index >= 15 is 0 Å². The van der Waals surface area contributed by atoms with E-state index in [1.165, 1.54) is 7.11 Å². The molecule has 3 fully saturated rings. The number of methoxy groups -OCH3 is 2. The number of ether oxygens (including phenoxy) is 5. The van der Waals surface area contributed by atoms with Gasteiger partial charge >= 0.3 is 5.97 Å². The summed E-state index contributed by atoms with van der Waals surface area (Å²) in [6, 6.07) is 3.67. The number of nitrogens with zero attached hydrogens (tertiary/aromatic N) is 1. The molecule has 0 N–H and O–H groups in total. The number of carbonyl (C=O) groups excluding carboxylic acids is 3. The SMILES string of the molecule is CCOC(=O)[C@]12CC3(CC[C@]14c1cc(OC)c(OC)cc1CCN4C(=O)C2=O)OCCO3. The maximum Gasteiger partial charge on any atom is 0.323 e. The lowest BCUT2D eigenvalue weighted by molar-refractivity contribution is -0.231. The molecule has 172 valence electrons. The van der Waals surface area contributed by atoms with Crippen LogP contribution < -0.4 is 9.47 Å². The van der Waals surface area contributed by atoms with Crippen LogP contribution in [0.3, 0.4) is 0 Å². The van der Waals surface area contributed by atoms with Gasteiger partial charge in [0.1, 0.15) is 0 Å². The fraction of sp³-hybridized carbons (Fsp3) is 0.609. The number of Topliss-reactive ketones (excluding diaryl/α,β-unsaturated/α-hetero) is 1. The fourth-order valence-corrected chi connectivity index (χ4v) is 6.21. The van der Waals surface area contributed by atoms with Crippen LogP contribution in [0.1, 0.15) is 37.3 Å². The van der Waals surface area contributed by atoms with E-state index in [1.54, 1.807) is 25.0 Å². The Morgan fingerprint density at radius 2 is 1.78 bits per heavy atom. The fourth-order valence-electron chi connectivity index (χ4n) is 6.21. The van der Waals surface area contributed by atoms with Gasteiger partial charge < -0.3 is 28.6 Å². The number of benzene rings is 1. The average Bonchev–Trinajstić information content (AvgIpc) is 3.33. The second-order valence-corrected chi connectivity index (χ2v) is 8.67. The molecule has 1 saturated carbocycles. The third-order valence-corrected chi connectivity index (χ3v) is 7.49. The second-order valence-electron chi connectivity index (χ2n) is 8.67. The van der Waals surface area contributed by atoms with Crippen molar-refractivity contribution in [1.29, 1.82) is 0 Å². The first-order valence-corrected chi connectivity index (χ1v) is 11.0. The van der Waals surface area contributed by atoms with Gasteiger partial charge in [-0.2, -0.15) is 0 Å². The molecule has 1 aliphatic carbocycles. The highest BCUT2D eigenvalue weighted by Crippen LogP contribution is 2.65. The molecule has 2 spiro atoms. The number of amides is 1. The summed E-state index contributed by atoms with van der Waals surface area (Å²) in [6.07, 6.45) is 1.24. The third-order valence-electron chi connectivity index (χ3n) is 7.49. The number of hydrogen-bond donors (Lipinski definition) is 0. The van der Waals surface area contributed by atoms with E-state index < -0.39 is 34.4 Å². The Hall–Kier alpha value is -2.65. The summed E-state index contributed by atoms with van der Waals surface area (Å²) < 4.78 is 28.3. The van der Waals surface area contributed by atoms with Crippen LogP contribution in [0.5, 0.6) is 11.5 Å². The number of fused-ring (bicyclic) bond motifs is 1. The molecule has 2 atom stereocenters. The molecule has 0 radical (unpaired) electrons. The lowest BCUT2D eigenvalue weighted by Gasteiger charge is -2.55. The molecule has 0 unspecified atom stereocenters. The first kappa shape index (κ1) is 21.2. The van der Waals surface area contributed by atoms with Gasteiger partial charge in [-0.05, 0) is 43.0 Å². The highest BCUT2D eigenvalue weighted by Gasteiger charge is 2.78. The lowest BCUT2D eigenvalue weighted by Crippen LogP contribution is -2.65. The van der Waals surface area contributed by atoms with Crippen LogP contribution in [-0.2, 0) is 40.6 Å². The summed E-state index contributed by atoms with van der Waals surface area (Å²) in [4.78, 5) is 42.3. The summed E-state index contributed by atoms with van der Waals surface area (Å²) >= 11 is 0. The number of esters is 1. The van der Waals surface area contributed by atoms with Crippen molar-refractivity contribution in [3.05, 3.63) is 23.3 Å². The van der Waals surface area contributed by atoms with Gasteiger partial charge in [-0.25, -0.2) is 0 Å². The monoisotopic (exact) mass is 445 g/mol. The molecule has 1 aromatic rings. The largest absolute Gasteiger partial charge is 0.493 e. The zero-order chi connectivity index (χ0) is 22.7. The van der Waals surface area contributed by atoms with Gasteiger partial charge in [-0.15, -0.1) is 0 Å². The molecule has 9 nitrogen and oxygen atoms in total. The van der Waals surface area contributed by atoms with Gasteiger partial charge in [0, 0.05) is 19.4 Å². The normalized spacial score (nSPS) is 30.0. The van der Waals surface area contributed by atoms with Gasteiger partial charge in [-0.3, -0.25) is 14.4 Å². The quantitative estimate of drug-likeness (QED) is 0.389. The topological polar surface area (TPSA) is 101 Å². The van der Waals surface area contributed by atoms with Crippen LogP contribution in [-0.4, -0.2) is 68.9 Å². The minimum atomic E-state index is -1.77. The molecule has 0 bridgehead atoms. The van der Waals surface area contributed by atoms with Gasteiger partial charge in [0.2, 0.25) is 5.78 Å². The van der Waals surface area contributed by atoms with Crippen molar-refractivity contribution in [1.82, 2.24) is 4.90 Å². The number of ketones is 1. The van der Waals surface area contributed by atoms with E-state index in [0.717, 1.165) is 11.1 Å². The first-order valence-electron chi connectivity index (χ1n) is 11.0. The minimum Gasteiger partial charge on any atom is -0.493 e. The molecule has 1 aromatic carbocycles. The molecule has 9 heteroatoms. The minimum absolute atomic E-state index is 0.0618. The second kappa shape index (κ2) is 7.18. The summed E-state index contributed by atoms with van der Waals surface area (Å²) in [5, 5.41) is 0. The van der Waals surface area contributed by atoms with E-state index in [0.29, 0.717) is 50.5 Å². The number of hydrogen-bond acceptors (Lipinski definition) is 8. The Bertz CT molecular complexity index is 1000. The summed E-state index contributed by atoms with van der Waals surface area (Å²) in [6.45, 7) is 2.84. The van der Waals surface area contributed by atoms with Crippen molar-refractivity contribution >= 4 is 17.7 Å². The van der Waals surface area contributed by atoms with Gasteiger partial charge in [0.25, 0.3) is 5.91 Å². The Morgan fingerprint density at radius 3 is 2.44 bits per heavy atom. The van der Waals surface area contributed by atoms with Crippen molar-refractivity contribution in [3.8, 4) is 11.5 Å². The average molecular weight is 445 g/mol. The van der Waals surface area contributed by atoms with Crippen LogP contribution in [0.4, 0.5) is 0 Å². The van der Waals surface area contributed by atoms with Crippen molar-refractivity contribution in [2.45, 2.75) is 43.9 Å². The van der Waals surface area contributed by atoms with Crippen LogP contribution in [0.2, 0.25) is 0 Å². The molecular formula is C23H27NO8. The molecule has 0 aromatic heterocycles. The predicted octanol–water partition coefficient (Wildman–Crippen LogP) is 1.34. The molecular weight excluding hydrogens is 418 g/mol. The maximum atomic E-state index is 13.7. The summed E-state index contributed by atoms with van der Waals surface area (Å²) in [5.74, 6) is -2.17. The molecule has 3 heterocycles. The first-order chi connectivity index (χ1) is 15.4. The van der Waals surface area contributed by atoms with E-state index in [2.05, 4.69) is 0 Å². The van der Waals surface area contributed by atoms with Crippen molar-refractivity contribution in [2.24, 2.45) is 5.41 Å². The van der Waals surface area contributed by atoms with E-state index in [9.17, 15) is 14.4 Å². The zero-order valence-electron chi connectivity index (χ0n) is 18.5. The number of rotatable bonds is 4. The lowest BCUT2D eigenvalue weighted by atomic mass is 9.55. The standard InChI is InChI=1S/C23H27NO8/c1-4-30-20(27)22-13-21(31-9-10-32-21)6-7-23(22)15-12-17(29-3)16(28-2)11-14(15)5-8-24(23)19(26)18(22)25/h11-12H,4-10,13H2,1-3H3/t22-,23+/m1/s1. The van der Waals surface area contributed by atoms with Gasteiger partial charge in [0.05, 0.1) is 39.6 Å². The Balaban J connectivity index is 1.79. The molecule has 3 aliphatic heterocycles. The Labute approximate surface area is 185 Å². The van der Waals surface area contributed by atoms with Crippen molar-refractivity contribution in [3.63, 3.8) is 0 Å². The highest BCUT2D eigenvalue weighted by atomic mass is 16.7. The van der Waals surface area contributed by atoms with Crippen LogP contribution in [0, 0.1) is 5.41 Å². The van der Waals surface area contributed by atoms with Crippen molar-refractivity contribution in [2.75, 3.05) is 40.6 Å². The van der Waals surface area contributed by atoms with E-state index in [4.69, 9.17) is 23.7 Å². The van der Waals surface area contributed by atoms with Gasteiger partial charge in [0.15, 0.2) is 22.7 Å². The summed E-state index contributed by atoms with van der Waals surface area (Å²) in [7, 11) is 3.09. The van der Waals surface area contributed by atoms with Crippen LogP contribution in [0.25, 0.3) is 0 Å². The maximum absolute atomic E-state index is 13.7. The summed E-state index contributed by atoms with van der Waals surface area (Å²) in [5.41, 5.74) is -1.32. The Morgan fingerprint density at radius 1 is 1.09 bits per heavy atom. The zero-order valence-corrected chi connectivity index (χ0v) is 18.5. The molecule has 2 saturated heterocycles. The van der Waals surface area contributed by atoms with Gasteiger partial charge in [-0.1, -0.05) is 0 Å². The van der Waals surface area contributed by atoms with Crippen LogP contribution >= 0.6 is 0 Å². The highest BCUT2D eigenvalue weighted by molar-refractivity contribution is 6.45. The van der Waals surface area contributed by atoms with E-state index in [-0.39, 0.29) is 13.0 Å². The predicted molar refractivity (Wildman–Crippen MR) is 109 cm³/mol. The molecule has 5 rings (SSSR count). The smallest absolute Gasteiger partial charge is 0.323 e. The Kier molecular flexibility index (Phi) is 4.76. The molecule has 4 aliphatic rings. The molecule has 1 amide bonds. The number of carbonyl (C=O) groups is 3. The van der Waals surface area contributed by atoms with E-state index in [1.807, 2.05) is 6.07 Å². The van der Waals surface area contributed by atoms with Crippen molar-refractivity contribution < 1.29 is 38.1 Å².